The number of urea groups is 1. The van der Waals surface area contributed by atoms with E-state index in [0.717, 1.165) is 30.8 Å². The molecule has 2 unspecified atom stereocenters. The van der Waals surface area contributed by atoms with Crippen molar-refractivity contribution in [3.63, 3.8) is 0 Å². The molecule has 0 spiro atoms. The van der Waals surface area contributed by atoms with Gasteiger partial charge < -0.3 is 40.7 Å². The average molecular weight is 927 g/mol. The summed E-state index contributed by atoms with van der Waals surface area (Å²) < 4.78 is 39.5. The highest BCUT2D eigenvalue weighted by molar-refractivity contribution is 7.89. The molecule has 5 N–H and O–H groups in total. The number of carboxylic acid groups (broad SMARTS) is 1. The number of carbonyl (C=O) groups excluding carboxylic acids is 3. The van der Waals surface area contributed by atoms with E-state index in [9.17, 15) is 32.7 Å². The van der Waals surface area contributed by atoms with Crippen LogP contribution in [0.2, 0.25) is 0 Å². The molecule has 0 bridgehead atoms. The van der Waals surface area contributed by atoms with E-state index in [4.69, 9.17) is 19.4 Å². The lowest BCUT2D eigenvalue weighted by Gasteiger charge is -2.35. The van der Waals surface area contributed by atoms with Gasteiger partial charge in [-0.25, -0.2) is 32.3 Å². The van der Waals surface area contributed by atoms with Crippen LogP contribution < -0.4 is 30.7 Å². The number of carboxylic acids is 1. The Morgan fingerprint density at radius 1 is 1.05 bits per heavy atom. The molecular weight excluding hydrogens is 861 g/mol. The average Bonchev–Trinajstić information content (AvgIpc) is 3.48. The van der Waals surface area contributed by atoms with Gasteiger partial charge in [-0.15, -0.1) is 11.3 Å². The smallest absolute Gasteiger partial charge is 0.329 e. The van der Waals surface area contributed by atoms with Gasteiger partial charge in [0.15, 0.2) is 5.13 Å². The van der Waals surface area contributed by atoms with Crippen LogP contribution in [0.1, 0.15) is 106 Å². The van der Waals surface area contributed by atoms with Gasteiger partial charge in [0.1, 0.15) is 40.9 Å². The summed E-state index contributed by atoms with van der Waals surface area (Å²) in [5.41, 5.74) is -0.233. The molecule has 4 amide bonds. The van der Waals surface area contributed by atoms with E-state index < -0.39 is 74.3 Å². The van der Waals surface area contributed by atoms with Crippen LogP contribution in [-0.4, -0.2) is 125 Å². The molecule has 17 nitrogen and oxygen atoms in total. The van der Waals surface area contributed by atoms with Gasteiger partial charge in [-0.2, -0.15) is 0 Å². The number of ether oxygens (including phenoxy) is 2. The minimum Gasteiger partial charge on any atom is -0.497 e. The summed E-state index contributed by atoms with van der Waals surface area (Å²) in [5.74, 6) is -1.38. The molecule has 19 heteroatoms. The number of carbonyl (C=O) groups is 4. The molecule has 1 aromatic carbocycles. The van der Waals surface area contributed by atoms with Crippen LogP contribution in [0.3, 0.4) is 0 Å². The molecule has 2 saturated heterocycles. The van der Waals surface area contributed by atoms with Crippen LogP contribution in [0.4, 0.5) is 9.93 Å². The maximum Gasteiger partial charge on any atom is 0.329 e. The summed E-state index contributed by atoms with van der Waals surface area (Å²) in [5, 5.41) is 25.1. The molecule has 2 aliphatic heterocycles. The lowest BCUT2D eigenvalue weighted by atomic mass is 9.87. The molecule has 3 fully saturated rings. The van der Waals surface area contributed by atoms with Gasteiger partial charge in [0.05, 0.1) is 30.1 Å². The molecule has 64 heavy (non-hydrogen) atoms. The second kappa shape index (κ2) is 19.8. The summed E-state index contributed by atoms with van der Waals surface area (Å²) in [4.78, 5) is 67.1. The van der Waals surface area contributed by atoms with Gasteiger partial charge in [0, 0.05) is 55.0 Å². The first kappa shape index (κ1) is 48.7. The SMILES string of the molecule is COc1ccc2c(O[C@@H]3C[C@H]4C(=O)N[C@]5(C(=O)O)CC5CCCCCCC[C@H](NC(=O)NC(CN(C)S(=O)(=O)C(C)C)C(C)(C)C)C(=O)N4C3)cc(-c3csc(NC(C)C)n3)nc2c1. The maximum atomic E-state index is 14.9. The van der Waals surface area contributed by atoms with Crippen molar-refractivity contribution in [1.29, 1.82) is 0 Å². The Balaban J connectivity index is 1.32. The summed E-state index contributed by atoms with van der Waals surface area (Å²) in [6.45, 7) is 12.9. The van der Waals surface area contributed by atoms with Crippen LogP contribution in [0.25, 0.3) is 22.3 Å². The highest BCUT2D eigenvalue weighted by Gasteiger charge is 2.62. The van der Waals surface area contributed by atoms with Crippen molar-refractivity contribution >= 4 is 61.2 Å². The number of nitrogens with one attached hydrogen (secondary N) is 4. The summed E-state index contributed by atoms with van der Waals surface area (Å²) in [7, 11) is -0.569. The second-order valence-corrected chi connectivity index (χ2v) is 22.6. The van der Waals surface area contributed by atoms with Crippen molar-refractivity contribution in [3.8, 4) is 22.9 Å². The molecule has 0 radical (unpaired) electrons. The van der Waals surface area contributed by atoms with Gasteiger partial charge in [0.25, 0.3) is 0 Å². The number of sulfonamides is 1. The predicted molar refractivity (Wildman–Crippen MR) is 247 cm³/mol. The first-order valence-electron chi connectivity index (χ1n) is 22.4. The predicted octanol–water partition coefficient (Wildman–Crippen LogP) is 5.99. The number of hydrogen-bond acceptors (Lipinski definition) is 12. The third-order valence-corrected chi connectivity index (χ3v) is 15.6. The number of pyridine rings is 1. The third kappa shape index (κ3) is 11.2. The van der Waals surface area contributed by atoms with E-state index in [0.29, 0.717) is 53.1 Å². The van der Waals surface area contributed by atoms with Gasteiger partial charge in [-0.3, -0.25) is 9.59 Å². The van der Waals surface area contributed by atoms with Crippen LogP contribution >= 0.6 is 11.3 Å². The molecule has 6 rings (SSSR count). The van der Waals surface area contributed by atoms with Gasteiger partial charge >= 0.3 is 12.0 Å². The summed E-state index contributed by atoms with van der Waals surface area (Å²) in [6, 6.07) is 3.94. The minimum absolute atomic E-state index is 0.00636. The van der Waals surface area contributed by atoms with Crippen molar-refractivity contribution < 1.29 is 42.2 Å². The van der Waals surface area contributed by atoms with Gasteiger partial charge in [0.2, 0.25) is 21.8 Å². The van der Waals surface area contributed by atoms with E-state index in [1.54, 1.807) is 39.2 Å². The fourth-order valence-electron chi connectivity index (χ4n) is 8.58. The van der Waals surface area contributed by atoms with Crippen LogP contribution in [0.15, 0.2) is 29.6 Å². The molecular formula is C45H66N8O9S2. The number of nitrogens with zero attached hydrogens (tertiary/aromatic N) is 4. The highest BCUT2D eigenvalue weighted by Crippen LogP contribution is 2.48. The monoisotopic (exact) mass is 926 g/mol. The highest BCUT2D eigenvalue weighted by atomic mass is 32.2. The topological polar surface area (TPSA) is 221 Å². The Bertz CT molecular complexity index is 2300. The summed E-state index contributed by atoms with van der Waals surface area (Å²) >= 11 is 1.45. The lowest BCUT2D eigenvalue weighted by Crippen LogP contribution is -2.59. The van der Waals surface area contributed by atoms with E-state index in [1.165, 1.54) is 27.6 Å². The van der Waals surface area contributed by atoms with Crippen molar-refractivity contribution in [2.45, 2.75) is 147 Å². The fraction of sp³-hybridized carbons (Fsp3) is 0.644. The molecule has 1 aliphatic carbocycles. The number of anilines is 1. The lowest BCUT2D eigenvalue weighted by molar-refractivity contribution is -0.145. The maximum absolute atomic E-state index is 14.9. The number of thiazole rings is 1. The summed E-state index contributed by atoms with van der Waals surface area (Å²) in [6.07, 6.45) is 4.52. The van der Waals surface area contributed by atoms with Gasteiger partial charge in [-0.1, -0.05) is 52.9 Å². The normalized spacial score (nSPS) is 24.0. The van der Waals surface area contributed by atoms with Crippen LogP contribution in [0, 0.1) is 11.3 Å². The fourth-order valence-corrected chi connectivity index (χ4v) is 10.5. The van der Waals surface area contributed by atoms with E-state index >= 15 is 0 Å². The number of methoxy groups -OCH3 is 1. The van der Waals surface area contributed by atoms with Crippen molar-refractivity contribution in [3.05, 3.63) is 29.6 Å². The number of likely N-dealkylation sites (N-methyl/N-ethyl adjacent to an activating group) is 1. The molecule has 3 aliphatic rings. The number of rotatable bonds is 13. The number of hydrogen-bond donors (Lipinski definition) is 5. The Kier molecular flexibility index (Phi) is 15.0. The first-order valence-corrected chi connectivity index (χ1v) is 24.8. The molecule has 6 atom stereocenters. The number of aromatic nitrogens is 2. The largest absolute Gasteiger partial charge is 0.497 e. The second-order valence-electron chi connectivity index (χ2n) is 19.2. The zero-order valence-electron chi connectivity index (χ0n) is 38.5. The Morgan fingerprint density at radius 3 is 2.41 bits per heavy atom. The van der Waals surface area contributed by atoms with E-state index in [2.05, 4.69) is 21.3 Å². The minimum atomic E-state index is -3.62. The number of amides is 4. The standard InChI is InChI=1S/C45H66N8O9S2/c1-26(2)46-43-49-35(25-63-43)34-21-37(31-18-17-29(61-9)19-33(31)47-34)62-30-20-36-39(54)51-45(41(56)57)22-28(45)15-13-11-10-12-14-16-32(40(55)53(36)23-30)48-42(58)50-38(44(5,6)7)24-52(8)64(59,60)27(3)4/h17-19,21,25-28,30,32,36,38H,10-16,20,22-24H2,1-9H3,(H,46,49)(H,51,54)(H,56,57)(H2,48,50,58)/t28?,30-,32+,36+,38?,45-/m1/s1. The zero-order chi connectivity index (χ0) is 46.7. The molecule has 2 aromatic heterocycles. The third-order valence-electron chi connectivity index (χ3n) is 12.6. The van der Waals surface area contributed by atoms with Crippen molar-refractivity contribution in [2.24, 2.45) is 11.3 Å². The van der Waals surface area contributed by atoms with Crippen LogP contribution in [-0.2, 0) is 24.4 Å². The first-order chi connectivity index (χ1) is 30.1. The number of benzene rings is 1. The Hall–Kier alpha value is -4.75. The van der Waals surface area contributed by atoms with Crippen molar-refractivity contribution in [2.75, 3.05) is 32.6 Å². The number of fused-ring (bicyclic) bond motifs is 3. The molecule has 4 heterocycles. The molecule has 1 saturated carbocycles. The van der Waals surface area contributed by atoms with E-state index in [-0.39, 0.29) is 37.9 Å². The van der Waals surface area contributed by atoms with E-state index in [1.807, 2.05) is 46.1 Å². The van der Waals surface area contributed by atoms with Crippen molar-refractivity contribution in [1.82, 2.24) is 35.1 Å². The molecule has 3 aromatic rings. The van der Waals surface area contributed by atoms with Gasteiger partial charge in [-0.05, 0) is 70.4 Å². The quantitative estimate of drug-likeness (QED) is 0.133. The Morgan fingerprint density at radius 2 is 1.75 bits per heavy atom. The molecule has 352 valence electrons. The zero-order valence-corrected chi connectivity index (χ0v) is 40.2. The Labute approximate surface area is 380 Å². The number of aliphatic carboxylic acids is 1. The van der Waals surface area contributed by atoms with Crippen LogP contribution in [0.5, 0.6) is 11.5 Å².